The van der Waals surface area contributed by atoms with Gasteiger partial charge in [-0.3, -0.25) is 14.8 Å². The van der Waals surface area contributed by atoms with E-state index in [0.717, 1.165) is 0 Å². The maximum atomic E-state index is 12.3. The van der Waals surface area contributed by atoms with Gasteiger partial charge in [0.15, 0.2) is 5.25 Å². The van der Waals surface area contributed by atoms with Gasteiger partial charge in [-0.05, 0) is 25.1 Å². The summed E-state index contributed by atoms with van der Waals surface area (Å²) >= 11 is 11.6. The normalized spacial score (nSPS) is 19.0. The number of imide groups is 1. The Bertz CT molecular complexity index is 761. The van der Waals surface area contributed by atoms with E-state index >= 15 is 0 Å². The fourth-order valence-corrected chi connectivity index (χ4v) is 3.59. The number of halogens is 2. The minimum atomic E-state index is -4.19. The van der Waals surface area contributed by atoms with Crippen molar-refractivity contribution in [1.29, 1.82) is 0 Å². The zero-order valence-electron chi connectivity index (χ0n) is 10.6. The molecule has 1 aromatic carbocycles. The molecule has 0 saturated heterocycles. The predicted molar refractivity (Wildman–Crippen MR) is 79.4 cm³/mol. The Labute approximate surface area is 130 Å². The highest BCUT2D eigenvalue weighted by Crippen LogP contribution is 2.27. The summed E-state index contributed by atoms with van der Waals surface area (Å²) in [7, 11) is -4.19. The first-order valence-electron chi connectivity index (χ1n) is 5.57. The van der Waals surface area contributed by atoms with Crippen LogP contribution in [-0.2, 0) is 14.8 Å². The standard InChI is InChI=1S/C11H9Cl2N3O4S/c1-5-9(10(17)15-11(18)14-5)21(19,20)16-8-4-6(12)2-3-7(8)13/h2-4,9,16H,1H3,(H,15,17,18). The lowest BCUT2D eigenvalue weighted by Crippen LogP contribution is -2.51. The van der Waals surface area contributed by atoms with Gasteiger partial charge in [0.2, 0.25) is 10.0 Å². The molecule has 7 nitrogen and oxygen atoms in total. The van der Waals surface area contributed by atoms with Gasteiger partial charge in [0.25, 0.3) is 5.91 Å². The molecule has 0 fully saturated rings. The summed E-state index contributed by atoms with van der Waals surface area (Å²) in [5, 5.41) is 0.599. The molecule has 0 spiro atoms. The molecule has 0 bridgehead atoms. The zero-order valence-corrected chi connectivity index (χ0v) is 12.9. The van der Waals surface area contributed by atoms with Crippen LogP contribution in [0.3, 0.4) is 0 Å². The summed E-state index contributed by atoms with van der Waals surface area (Å²) in [6.45, 7) is 1.28. The predicted octanol–water partition coefficient (Wildman–Crippen LogP) is 1.81. The van der Waals surface area contributed by atoms with Gasteiger partial charge in [-0.1, -0.05) is 23.2 Å². The van der Waals surface area contributed by atoms with Gasteiger partial charge in [0.1, 0.15) is 0 Å². The maximum absolute atomic E-state index is 12.3. The third kappa shape index (κ3) is 3.34. The van der Waals surface area contributed by atoms with Crippen LogP contribution >= 0.6 is 23.2 Å². The average Bonchev–Trinajstić information content (AvgIpc) is 2.31. The third-order valence-electron chi connectivity index (χ3n) is 2.62. The molecule has 1 aromatic rings. The van der Waals surface area contributed by atoms with Crippen LogP contribution in [0.15, 0.2) is 23.2 Å². The number of hydrogen-bond donors (Lipinski definition) is 2. The number of amides is 3. The summed E-state index contributed by atoms with van der Waals surface area (Å²) in [4.78, 5) is 26.2. The van der Waals surface area contributed by atoms with Crippen molar-refractivity contribution in [2.45, 2.75) is 12.2 Å². The van der Waals surface area contributed by atoms with E-state index in [-0.39, 0.29) is 21.4 Å². The lowest BCUT2D eigenvalue weighted by atomic mass is 10.2. The van der Waals surface area contributed by atoms with E-state index in [1.54, 1.807) is 0 Å². The van der Waals surface area contributed by atoms with E-state index in [1.807, 2.05) is 5.32 Å². The van der Waals surface area contributed by atoms with Crippen molar-refractivity contribution in [1.82, 2.24) is 5.32 Å². The minimum Gasteiger partial charge on any atom is -0.281 e. The average molecular weight is 350 g/mol. The van der Waals surface area contributed by atoms with Gasteiger partial charge in [0.05, 0.1) is 16.4 Å². The molecule has 10 heteroatoms. The van der Waals surface area contributed by atoms with Crippen molar-refractivity contribution in [2.75, 3.05) is 4.72 Å². The smallest absolute Gasteiger partial charge is 0.281 e. The van der Waals surface area contributed by atoms with Gasteiger partial charge in [-0.15, -0.1) is 0 Å². The highest BCUT2D eigenvalue weighted by Gasteiger charge is 2.39. The molecule has 0 radical (unpaired) electrons. The molecule has 1 aliphatic heterocycles. The van der Waals surface area contributed by atoms with Crippen LogP contribution < -0.4 is 10.0 Å². The Kier molecular flexibility index (Phi) is 4.22. The molecule has 0 aromatic heterocycles. The van der Waals surface area contributed by atoms with Gasteiger partial charge in [-0.2, -0.15) is 0 Å². The molecule has 1 heterocycles. The van der Waals surface area contributed by atoms with Crippen LogP contribution in [0.2, 0.25) is 10.0 Å². The topological polar surface area (TPSA) is 105 Å². The van der Waals surface area contributed by atoms with Gasteiger partial charge < -0.3 is 0 Å². The molecule has 3 amide bonds. The van der Waals surface area contributed by atoms with Crippen molar-refractivity contribution in [3.8, 4) is 0 Å². The lowest BCUT2D eigenvalue weighted by Gasteiger charge is -2.21. The molecule has 0 aliphatic carbocycles. The van der Waals surface area contributed by atoms with Crippen LogP contribution in [0.25, 0.3) is 0 Å². The number of nitrogens with one attached hydrogen (secondary N) is 2. The Hall–Kier alpha value is -1.64. The van der Waals surface area contributed by atoms with Crippen LogP contribution in [-0.4, -0.2) is 31.3 Å². The molecule has 2 N–H and O–H groups in total. The lowest BCUT2D eigenvalue weighted by molar-refractivity contribution is -0.118. The van der Waals surface area contributed by atoms with Crippen LogP contribution in [0, 0.1) is 0 Å². The minimum absolute atomic E-state index is 0.0293. The summed E-state index contributed by atoms with van der Waals surface area (Å²) in [6, 6.07) is 3.30. The maximum Gasteiger partial charge on any atom is 0.347 e. The number of carbonyl (C=O) groups excluding carboxylic acids is 2. The highest BCUT2D eigenvalue weighted by atomic mass is 35.5. The molecule has 0 saturated carbocycles. The summed E-state index contributed by atoms with van der Waals surface area (Å²) in [6.07, 6.45) is 0. The van der Waals surface area contributed by atoms with E-state index in [1.165, 1.54) is 25.1 Å². The second kappa shape index (κ2) is 5.63. The molecule has 2 rings (SSSR count). The van der Waals surface area contributed by atoms with Gasteiger partial charge in [0, 0.05) is 5.02 Å². The number of benzene rings is 1. The molecule has 21 heavy (non-hydrogen) atoms. The molecule has 112 valence electrons. The van der Waals surface area contributed by atoms with Crippen LogP contribution in [0.4, 0.5) is 10.5 Å². The van der Waals surface area contributed by atoms with Gasteiger partial charge in [-0.25, -0.2) is 18.2 Å². The van der Waals surface area contributed by atoms with E-state index in [4.69, 9.17) is 23.2 Å². The summed E-state index contributed by atoms with van der Waals surface area (Å²) in [5.41, 5.74) is -0.101. The number of rotatable bonds is 3. The van der Waals surface area contributed by atoms with Crippen LogP contribution in [0.5, 0.6) is 0 Å². The highest BCUT2D eigenvalue weighted by molar-refractivity contribution is 7.94. The van der Waals surface area contributed by atoms with Crippen molar-refractivity contribution >= 4 is 56.6 Å². The first-order chi connectivity index (χ1) is 9.70. The first-order valence-corrected chi connectivity index (χ1v) is 7.87. The number of hydrogen-bond acceptors (Lipinski definition) is 4. The quantitative estimate of drug-likeness (QED) is 0.867. The van der Waals surface area contributed by atoms with Crippen molar-refractivity contribution in [3.05, 3.63) is 28.2 Å². The van der Waals surface area contributed by atoms with Crippen molar-refractivity contribution in [2.24, 2.45) is 4.99 Å². The number of aliphatic imine (C=N–C) groups is 1. The largest absolute Gasteiger partial charge is 0.347 e. The SMILES string of the molecule is CC1=NC(=O)NC(=O)C1S(=O)(=O)Nc1cc(Cl)ccc1Cl. The Morgan fingerprint density at radius 3 is 2.57 bits per heavy atom. The fraction of sp³-hybridized carbons (Fsp3) is 0.182. The van der Waals surface area contributed by atoms with E-state index in [9.17, 15) is 18.0 Å². The van der Waals surface area contributed by atoms with Crippen LogP contribution in [0.1, 0.15) is 6.92 Å². The van der Waals surface area contributed by atoms with E-state index in [0.29, 0.717) is 0 Å². The molecular formula is C11H9Cl2N3O4S. The van der Waals surface area contributed by atoms with Crippen molar-refractivity contribution < 1.29 is 18.0 Å². The molecule has 1 atom stereocenters. The number of urea groups is 1. The Balaban J connectivity index is 2.39. The third-order valence-corrected chi connectivity index (χ3v) is 4.86. The molecule has 1 unspecified atom stereocenters. The second-order valence-corrected chi connectivity index (χ2v) is 6.81. The van der Waals surface area contributed by atoms with Crippen molar-refractivity contribution in [3.63, 3.8) is 0 Å². The number of anilines is 1. The van der Waals surface area contributed by atoms with E-state index in [2.05, 4.69) is 9.71 Å². The second-order valence-electron chi connectivity index (χ2n) is 4.20. The van der Waals surface area contributed by atoms with E-state index < -0.39 is 27.2 Å². The zero-order chi connectivity index (χ0) is 15.8. The fourth-order valence-electron chi connectivity index (χ4n) is 1.76. The van der Waals surface area contributed by atoms with Gasteiger partial charge >= 0.3 is 6.03 Å². The molecular weight excluding hydrogens is 341 g/mol. The monoisotopic (exact) mass is 349 g/mol. The number of sulfonamides is 1. The number of carbonyl (C=O) groups is 2. The summed E-state index contributed by atoms with van der Waals surface area (Å²) < 4.78 is 26.7. The Morgan fingerprint density at radius 2 is 1.95 bits per heavy atom. The number of nitrogens with zero attached hydrogens (tertiary/aromatic N) is 1. The summed E-state index contributed by atoms with van der Waals surface area (Å²) in [5.74, 6) is -0.974. The Morgan fingerprint density at radius 1 is 1.29 bits per heavy atom. The molecule has 1 aliphatic rings. The first kappa shape index (κ1) is 15.7.